The van der Waals surface area contributed by atoms with Gasteiger partial charge in [-0.1, -0.05) is 19.3 Å². The minimum Gasteiger partial charge on any atom is -0.340 e. The van der Waals surface area contributed by atoms with Crippen LogP contribution in [0.1, 0.15) is 44.9 Å². The van der Waals surface area contributed by atoms with Gasteiger partial charge in [0, 0.05) is 19.1 Å². The van der Waals surface area contributed by atoms with Gasteiger partial charge in [0.15, 0.2) is 0 Å². The first-order chi connectivity index (χ1) is 8.53. The molecule has 1 saturated heterocycles. The maximum absolute atomic E-state index is 12.6. The molecule has 20 heavy (non-hydrogen) atoms. The van der Waals surface area contributed by atoms with Crippen molar-refractivity contribution in [1.29, 1.82) is 0 Å². The molecular formula is C14H29Cl2N3O. The van der Waals surface area contributed by atoms with Gasteiger partial charge in [0.1, 0.15) is 0 Å². The third-order valence-electron chi connectivity index (χ3n) is 4.59. The summed E-state index contributed by atoms with van der Waals surface area (Å²) in [6.07, 6.45) is 7.47. The highest BCUT2D eigenvalue weighted by molar-refractivity contribution is 5.86. The van der Waals surface area contributed by atoms with Crippen molar-refractivity contribution in [2.24, 2.45) is 5.73 Å². The second-order valence-electron chi connectivity index (χ2n) is 6.23. The fourth-order valence-corrected chi connectivity index (χ4v) is 3.27. The van der Waals surface area contributed by atoms with Crippen LogP contribution in [0.3, 0.4) is 0 Å². The molecule has 1 aliphatic carbocycles. The highest BCUT2D eigenvalue weighted by Gasteiger charge is 2.39. The molecule has 1 atom stereocenters. The van der Waals surface area contributed by atoms with Crippen LogP contribution in [-0.2, 0) is 4.79 Å². The number of nitrogens with two attached hydrogens (primary N) is 1. The van der Waals surface area contributed by atoms with Gasteiger partial charge in [-0.05, 0) is 39.8 Å². The van der Waals surface area contributed by atoms with Crippen molar-refractivity contribution in [3.05, 3.63) is 0 Å². The van der Waals surface area contributed by atoms with E-state index in [0.29, 0.717) is 6.04 Å². The molecule has 2 rings (SSSR count). The molecule has 2 N–H and O–H groups in total. The predicted octanol–water partition coefficient (Wildman–Crippen LogP) is 2.04. The van der Waals surface area contributed by atoms with Crippen molar-refractivity contribution in [1.82, 2.24) is 9.80 Å². The molecule has 1 amide bonds. The van der Waals surface area contributed by atoms with Crippen LogP contribution >= 0.6 is 24.8 Å². The van der Waals surface area contributed by atoms with Crippen LogP contribution in [-0.4, -0.2) is 54.5 Å². The van der Waals surface area contributed by atoms with Crippen molar-refractivity contribution in [2.45, 2.75) is 56.5 Å². The number of likely N-dealkylation sites (N-methyl/N-ethyl adjacent to an activating group) is 1. The lowest BCUT2D eigenvalue weighted by molar-refractivity contribution is -0.140. The first kappa shape index (κ1) is 20.0. The van der Waals surface area contributed by atoms with Gasteiger partial charge in [-0.25, -0.2) is 0 Å². The van der Waals surface area contributed by atoms with Crippen LogP contribution in [0, 0.1) is 0 Å². The van der Waals surface area contributed by atoms with Crippen LogP contribution in [0.4, 0.5) is 0 Å². The average Bonchev–Trinajstić information content (AvgIpc) is 2.39. The van der Waals surface area contributed by atoms with Gasteiger partial charge in [0.05, 0.1) is 5.54 Å². The zero-order valence-corrected chi connectivity index (χ0v) is 14.3. The zero-order valence-electron chi connectivity index (χ0n) is 12.6. The second-order valence-corrected chi connectivity index (χ2v) is 6.23. The van der Waals surface area contributed by atoms with Crippen LogP contribution in [0.15, 0.2) is 0 Å². The Balaban J connectivity index is 0.00000180. The van der Waals surface area contributed by atoms with E-state index >= 15 is 0 Å². The summed E-state index contributed by atoms with van der Waals surface area (Å²) < 4.78 is 0. The Hall–Kier alpha value is -0.0300. The summed E-state index contributed by atoms with van der Waals surface area (Å²) in [7, 11) is 4.19. The summed E-state index contributed by atoms with van der Waals surface area (Å²) in [6, 6.07) is 0.495. The highest BCUT2D eigenvalue weighted by Crippen LogP contribution is 2.29. The minimum absolute atomic E-state index is 0. The molecule has 1 aliphatic heterocycles. The first-order valence-electron chi connectivity index (χ1n) is 7.28. The third kappa shape index (κ3) is 4.48. The SMILES string of the molecule is CN(C)C1CCCN(C(=O)C2(N)CCCCC2)C1.Cl.Cl. The summed E-state index contributed by atoms with van der Waals surface area (Å²) in [4.78, 5) is 16.9. The fourth-order valence-electron chi connectivity index (χ4n) is 3.27. The molecule has 0 bridgehead atoms. The van der Waals surface area contributed by atoms with E-state index in [9.17, 15) is 4.79 Å². The van der Waals surface area contributed by atoms with Crippen molar-refractivity contribution in [2.75, 3.05) is 27.2 Å². The number of hydrogen-bond donors (Lipinski definition) is 1. The van der Waals surface area contributed by atoms with E-state index < -0.39 is 5.54 Å². The number of likely N-dealkylation sites (tertiary alicyclic amines) is 1. The third-order valence-corrected chi connectivity index (χ3v) is 4.59. The molecule has 4 nitrogen and oxygen atoms in total. The standard InChI is InChI=1S/C14H27N3O.2ClH/c1-16(2)12-7-6-10-17(11-12)13(18)14(15)8-4-3-5-9-14;;/h12H,3-11,15H2,1-2H3;2*1H. The Kier molecular flexibility index (Phi) is 8.41. The van der Waals surface area contributed by atoms with Crippen molar-refractivity contribution < 1.29 is 4.79 Å². The van der Waals surface area contributed by atoms with Crippen LogP contribution in [0.25, 0.3) is 0 Å². The maximum Gasteiger partial charge on any atom is 0.242 e. The van der Waals surface area contributed by atoms with E-state index in [2.05, 4.69) is 19.0 Å². The summed E-state index contributed by atoms with van der Waals surface area (Å²) in [5, 5.41) is 0. The molecular weight excluding hydrogens is 297 g/mol. The minimum atomic E-state index is -0.563. The number of nitrogens with zero attached hydrogens (tertiary/aromatic N) is 2. The van der Waals surface area contributed by atoms with Gasteiger partial charge in [0.2, 0.25) is 5.91 Å². The Morgan fingerprint density at radius 1 is 1.15 bits per heavy atom. The smallest absolute Gasteiger partial charge is 0.242 e. The summed E-state index contributed by atoms with van der Waals surface area (Å²) in [5.74, 6) is 0.203. The quantitative estimate of drug-likeness (QED) is 0.845. The lowest BCUT2D eigenvalue weighted by Gasteiger charge is -2.41. The Morgan fingerprint density at radius 3 is 2.30 bits per heavy atom. The van der Waals surface area contributed by atoms with Crippen molar-refractivity contribution in [3.8, 4) is 0 Å². The lowest BCUT2D eigenvalue weighted by atomic mass is 9.81. The zero-order chi connectivity index (χ0) is 13.2. The fraction of sp³-hybridized carbons (Fsp3) is 0.929. The number of amides is 1. The average molecular weight is 326 g/mol. The topological polar surface area (TPSA) is 49.6 Å². The molecule has 6 heteroatoms. The molecule has 1 unspecified atom stereocenters. The lowest BCUT2D eigenvalue weighted by Crippen LogP contribution is -2.59. The van der Waals surface area contributed by atoms with E-state index in [1.165, 1.54) is 12.8 Å². The molecule has 120 valence electrons. The molecule has 0 radical (unpaired) electrons. The molecule has 0 spiro atoms. The number of hydrogen-bond acceptors (Lipinski definition) is 3. The van der Waals surface area contributed by atoms with Crippen LogP contribution < -0.4 is 5.73 Å². The number of carbonyl (C=O) groups is 1. The summed E-state index contributed by atoms with van der Waals surface area (Å²) in [6.45, 7) is 1.74. The molecule has 0 aromatic rings. The monoisotopic (exact) mass is 325 g/mol. The molecule has 1 saturated carbocycles. The van der Waals surface area contributed by atoms with Crippen molar-refractivity contribution in [3.63, 3.8) is 0 Å². The summed E-state index contributed by atoms with van der Waals surface area (Å²) >= 11 is 0. The number of piperidine rings is 1. The van der Waals surface area contributed by atoms with E-state index in [-0.39, 0.29) is 30.7 Å². The number of rotatable bonds is 2. The largest absolute Gasteiger partial charge is 0.340 e. The van der Waals surface area contributed by atoms with Gasteiger partial charge < -0.3 is 15.5 Å². The number of halogens is 2. The molecule has 0 aromatic heterocycles. The van der Waals surface area contributed by atoms with Gasteiger partial charge in [-0.3, -0.25) is 4.79 Å². The molecule has 2 aliphatic rings. The normalized spacial score (nSPS) is 25.6. The van der Waals surface area contributed by atoms with Crippen LogP contribution in [0.5, 0.6) is 0 Å². The van der Waals surface area contributed by atoms with Gasteiger partial charge in [-0.15, -0.1) is 24.8 Å². The first-order valence-corrected chi connectivity index (χ1v) is 7.28. The number of carbonyl (C=O) groups excluding carboxylic acids is 1. The highest BCUT2D eigenvalue weighted by atomic mass is 35.5. The van der Waals surface area contributed by atoms with Crippen LogP contribution in [0.2, 0.25) is 0 Å². The van der Waals surface area contributed by atoms with E-state index in [0.717, 1.165) is 45.2 Å². The van der Waals surface area contributed by atoms with Crippen molar-refractivity contribution >= 4 is 30.7 Å². The second kappa shape index (κ2) is 8.42. The van der Waals surface area contributed by atoms with E-state index in [4.69, 9.17) is 5.73 Å². The Labute approximate surface area is 135 Å². The maximum atomic E-state index is 12.6. The molecule has 1 heterocycles. The predicted molar refractivity (Wildman–Crippen MR) is 87.8 cm³/mol. The van der Waals surface area contributed by atoms with E-state index in [1.807, 2.05) is 4.90 Å². The van der Waals surface area contributed by atoms with Gasteiger partial charge >= 0.3 is 0 Å². The Morgan fingerprint density at radius 2 is 1.75 bits per heavy atom. The summed E-state index contributed by atoms with van der Waals surface area (Å²) in [5.41, 5.74) is 5.79. The molecule has 2 fully saturated rings. The van der Waals surface area contributed by atoms with E-state index in [1.54, 1.807) is 0 Å². The van der Waals surface area contributed by atoms with Gasteiger partial charge in [0.25, 0.3) is 0 Å². The Bertz CT molecular complexity index is 307. The van der Waals surface area contributed by atoms with Gasteiger partial charge in [-0.2, -0.15) is 0 Å². The molecule has 0 aromatic carbocycles.